The molecule has 6 aliphatic rings. The van der Waals surface area contributed by atoms with Gasteiger partial charge in [-0.25, -0.2) is 4.79 Å². The van der Waals surface area contributed by atoms with Gasteiger partial charge in [0.1, 0.15) is 11.2 Å². The minimum atomic E-state index is -2.54. The molecule has 2 saturated heterocycles. The Morgan fingerprint density at radius 3 is 2.42 bits per heavy atom. The zero-order chi connectivity index (χ0) is 44.1. The van der Waals surface area contributed by atoms with Crippen LogP contribution in [0.2, 0.25) is 0 Å². The predicted octanol–water partition coefficient (Wildman–Crippen LogP) is 4.24. The minimum absolute atomic E-state index is 0.163. The lowest BCUT2D eigenvalue weighted by atomic mass is 9.47. The van der Waals surface area contributed by atoms with Crippen LogP contribution in [0, 0.1) is 11.3 Å². The van der Waals surface area contributed by atoms with Gasteiger partial charge in [-0.2, -0.15) is 0 Å². The summed E-state index contributed by atoms with van der Waals surface area (Å²) in [5.74, 6) is -2.07. The van der Waals surface area contributed by atoms with E-state index in [9.17, 15) is 24.6 Å². The van der Waals surface area contributed by atoms with E-state index in [4.69, 9.17) is 18.9 Å². The van der Waals surface area contributed by atoms with Crippen molar-refractivity contribution in [2.24, 2.45) is 11.3 Å². The van der Waals surface area contributed by atoms with Gasteiger partial charge in [0.05, 0.1) is 38.7 Å². The number of hydrogen-bond acceptors (Lipinski definition) is 13. The summed E-state index contributed by atoms with van der Waals surface area (Å²) in [7, 11) is 4.10. The number of aromatic nitrogens is 1. The molecular weight excluding hydrogens is 813 g/mol. The second kappa shape index (κ2) is 15.1. The van der Waals surface area contributed by atoms with E-state index >= 15 is 4.79 Å². The van der Waals surface area contributed by atoms with E-state index < -0.39 is 63.5 Å². The molecule has 1 saturated carbocycles. The quantitative estimate of drug-likeness (QED) is 0.0919. The first-order valence-electron chi connectivity index (χ1n) is 21.8. The van der Waals surface area contributed by atoms with Gasteiger partial charge in [0.25, 0.3) is 0 Å². The van der Waals surface area contributed by atoms with Crippen molar-refractivity contribution < 1.29 is 48.3 Å². The van der Waals surface area contributed by atoms with Crippen LogP contribution in [0.3, 0.4) is 0 Å². The molecular formula is C47H58N4O10S. The highest BCUT2D eigenvalue weighted by atomic mass is 32.2. The topological polar surface area (TPSA) is 171 Å². The molecule has 3 aromatic rings. The number of nitrogens with one attached hydrogen (secondary N) is 1. The SMILES string of the molecule is CC[C@]1(O)C[C@H]2CN(CCc3c([nH]c4ccc(SC)cc34)[C@@](C(=O)OC)(c3cc4c(cc3OC)N(C=O)[C@H]3[C@@](O)(C(=O)OC)[C@H](OC(C)=O)[C@]5(CC)C=CCN6CC[C@]43[C@@H]65)C2)C1. The van der Waals surface area contributed by atoms with E-state index in [1.54, 1.807) is 17.8 Å². The van der Waals surface area contributed by atoms with Crippen LogP contribution in [0.4, 0.5) is 5.69 Å². The average Bonchev–Trinajstić information content (AvgIpc) is 3.95. The molecule has 5 aliphatic heterocycles. The van der Waals surface area contributed by atoms with Crippen LogP contribution in [0.25, 0.3) is 10.9 Å². The molecule has 62 heavy (non-hydrogen) atoms. The zero-order valence-electron chi connectivity index (χ0n) is 36.6. The van der Waals surface area contributed by atoms with Crippen LogP contribution >= 0.6 is 11.8 Å². The molecule has 3 fully saturated rings. The van der Waals surface area contributed by atoms with Crippen LogP contribution in [0.15, 0.2) is 47.4 Å². The molecule has 1 amide bonds. The third kappa shape index (κ3) is 5.63. The number of hydrogen-bond donors (Lipinski definition) is 3. The van der Waals surface area contributed by atoms with Crippen molar-refractivity contribution in [3.8, 4) is 5.75 Å². The lowest BCUT2D eigenvalue weighted by Crippen LogP contribution is -2.81. The van der Waals surface area contributed by atoms with Gasteiger partial charge in [0.2, 0.25) is 12.0 Å². The largest absolute Gasteiger partial charge is 0.496 e. The Balaban J connectivity index is 1.38. The van der Waals surface area contributed by atoms with Crippen LogP contribution in [0.5, 0.6) is 5.75 Å². The summed E-state index contributed by atoms with van der Waals surface area (Å²) in [6.07, 6.45) is 7.85. The predicted molar refractivity (Wildman–Crippen MR) is 232 cm³/mol. The van der Waals surface area contributed by atoms with E-state index in [-0.39, 0.29) is 12.3 Å². The first kappa shape index (κ1) is 42.9. The summed E-state index contributed by atoms with van der Waals surface area (Å²) < 4.78 is 23.8. The summed E-state index contributed by atoms with van der Waals surface area (Å²) >= 11 is 1.64. The highest BCUT2D eigenvalue weighted by molar-refractivity contribution is 7.98. The van der Waals surface area contributed by atoms with Crippen molar-refractivity contribution in [2.45, 2.75) is 104 Å². The minimum Gasteiger partial charge on any atom is -0.496 e. The summed E-state index contributed by atoms with van der Waals surface area (Å²) in [5.41, 5.74) is -3.18. The Labute approximate surface area is 366 Å². The molecule has 2 aromatic carbocycles. The Hall–Kier alpha value is -4.41. The van der Waals surface area contributed by atoms with E-state index in [0.29, 0.717) is 99.5 Å². The number of piperidine rings is 1. The Bertz CT molecular complexity index is 2390. The standard InChI is InChI=1S/C47H58N4O10S/c1-8-43(56)22-28-23-46(41(54)59-5,37-30(13-17-49(24-28)25-43)31-19-29(62-7)11-12-34(31)48-37)33-20-32-35(21-36(33)58-4)51(26-52)39-45(32)15-18-50-16-10-14-44(9-2,38(45)50)40(61-27(3)53)47(39,57)42(55)60-6/h10-12,14,19-21,26,28,38-40,48,56-57H,8-9,13,15-18,22-25H2,1-7H3/t28-,38+,39-,40-,43+,44-,45-,46+,47+/m1/s1. The van der Waals surface area contributed by atoms with Crippen LogP contribution in [-0.4, -0.2) is 139 Å². The normalized spacial score (nSPS) is 35.7. The van der Waals surface area contributed by atoms with E-state index in [2.05, 4.69) is 26.9 Å². The molecule has 1 spiro atoms. The highest BCUT2D eigenvalue weighted by Crippen LogP contribution is 2.68. The number of carbonyl (C=O) groups is 4. The molecule has 9 rings (SSSR count). The molecule has 332 valence electrons. The molecule has 6 heterocycles. The molecule has 1 aliphatic carbocycles. The summed E-state index contributed by atoms with van der Waals surface area (Å²) in [6, 6.07) is 8.24. The van der Waals surface area contributed by atoms with Crippen molar-refractivity contribution >= 4 is 52.7 Å². The van der Waals surface area contributed by atoms with E-state index in [1.807, 2.05) is 44.4 Å². The monoisotopic (exact) mass is 870 g/mol. The van der Waals surface area contributed by atoms with Gasteiger partial charge in [0.15, 0.2) is 6.10 Å². The number of methoxy groups -OCH3 is 3. The maximum atomic E-state index is 15.4. The number of benzene rings is 2. The number of fused-ring (bicyclic) bond motifs is 6. The first-order valence-corrected chi connectivity index (χ1v) is 23.0. The molecule has 10 atom stereocenters. The highest BCUT2D eigenvalue weighted by Gasteiger charge is 2.81. The number of aliphatic hydroxyl groups is 2. The number of carbonyl (C=O) groups excluding carboxylic acids is 4. The summed E-state index contributed by atoms with van der Waals surface area (Å²) in [6.45, 7) is 8.15. The Morgan fingerprint density at radius 2 is 1.76 bits per heavy atom. The van der Waals surface area contributed by atoms with Gasteiger partial charge in [-0.05, 0) is 92.6 Å². The van der Waals surface area contributed by atoms with Crippen molar-refractivity contribution in [3.05, 3.63) is 64.9 Å². The van der Waals surface area contributed by atoms with Gasteiger partial charge >= 0.3 is 17.9 Å². The third-order valence-electron chi connectivity index (χ3n) is 15.8. The number of anilines is 1. The third-order valence-corrected chi connectivity index (χ3v) is 16.5. The van der Waals surface area contributed by atoms with Crippen molar-refractivity contribution in [1.29, 1.82) is 0 Å². The van der Waals surface area contributed by atoms with Gasteiger partial charge in [-0.3, -0.25) is 24.2 Å². The summed E-state index contributed by atoms with van der Waals surface area (Å²) in [5, 5.41) is 26.4. The lowest BCUT2D eigenvalue weighted by molar-refractivity contribution is -0.228. The molecule has 2 bridgehead atoms. The van der Waals surface area contributed by atoms with Gasteiger partial charge in [-0.15, -0.1) is 11.8 Å². The second-order valence-corrected chi connectivity index (χ2v) is 19.4. The van der Waals surface area contributed by atoms with Crippen LogP contribution in [-0.2, 0) is 50.6 Å². The molecule has 15 heteroatoms. The number of aromatic amines is 1. The average molecular weight is 871 g/mol. The molecule has 0 radical (unpaired) electrons. The van der Waals surface area contributed by atoms with E-state index in [1.165, 1.54) is 33.2 Å². The number of thioether (sulfide) groups is 1. The number of nitrogens with zero attached hydrogens (tertiary/aromatic N) is 3. The Kier molecular flexibility index (Phi) is 10.4. The fraction of sp³-hybridized carbons (Fsp3) is 0.574. The van der Waals surface area contributed by atoms with Gasteiger partial charge in [-0.1, -0.05) is 26.0 Å². The number of rotatable bonds is 9. The van der Waals surface area contributed by atoms with Crippen LogP contribution in [0.1, 0.15) is 75.3 Å². The maximum absolute atomic E-state index is 15.4. The number of esters is 3. The van der Waals surface area contributed by atoms with Crippen molar-refractivity contribution in [2.75, 3.05) is 65.2 Å². The Morgan fingerprint density at radius 1 is 0.984 bits per heavy atom. The molecule has 1 unspecified atom stereocenters. The number of amides is 1. The van der Waals surface area contributed by atoms with Gasteiger partial charge < -0.3 is 39.0 Å². The fourth-order valence-electron chi connectivity index (χ4n) is 13.5. The van der Waals surface area contributed by atoms with Crippen molar-refractivity contribution in [1.82, 2.24) is 14.8 Å². The van der Waals surface area contributed by atoms with Crippen LogP contribution < -0.4 is 9.64 Å². The second-order valence-electron chi connectivity index (χ2n) is 18.5. The summed E-state index contributed by atoms with van der Waals surface area (Å²) in [4.78, 5) is 67.5. The lowest BCUT2D eigenvalue weighted by Gasteiger charge is -2.63. The smallest absolute Gasteiger partial charge is 0.344 e. The number of H-pyrrole nitrogens is 1. The molecule has 3 N–H and O–H groups in total. The molecule has 14 nitrogen and oxygen atoms in total. The zero-order valence-corrected chi connectivity index (χ0v) is 37.4. The van der Waals surface area contributed by atoms with E-state index in [0.717, 1.165) is 21.4 Å². The van der Waals surface area contributed by atoms with Gasteiger partial charge in [0, 0.05) is 83.1 Å². The van der Waals surface area contributed by atoms with Crippen molar-refractivity contribution in [3.63, 3.8) is 0 Å². The fourth-order valence-corrected chi connectivity index (χ4v) is 14.0. The first-order chi connectivity index (χ1) is 29.7. The molecule has 1 aromatic heterocycles. The maximum Gasteiger partial charge on any atom is 0.344 e. The number of ether oxygens (including phenoxy) is 4.